The Kier molecular flexibility index (Phi) is 8.08. The summed E-state index contributed by atoms with van der Waals surface area (Å²) in [5.41, 5.74) is 0.451. The molecule has 0 saturated carbocycles. The van der Waals surface area contributed by atoms with Crippen LogP contribution in [0.4, 0.5) is 0 Å². The van der Waals surface area contributed by atoms with Crippen molar-refractivity contribution in [3.05, 3.63) is 92.9 Å². The van der Waals surface area contributed by atoms with Gasteiger partial charge in [0.05, 0.1) is 11.9 Å². The summed E-state index contributed by atoms with van der Waals surface area (Å²) < 4.78 is 1.77. The molecule has 0 unspecified atom stereocenters. The van der Waals surface area contributed by atoms with Crippen LogP contribution in [0.1, 0.15) is 20.7 Å². The number of carboxylic acids is 2. The Bertz CT molecular complexity index is 1110. The molecule has 0 aromatic heterocycles. The summed E-state index contributed by atoms with van der Waals surface area (Å²) in [5.74, 6) is -2.29. The van der Waals surface area contributed by atoms with Crippen molar-refractivity contribution in [3.63, 3.8) is 0 Å². The predicted molar refractivity (Wildman–Crippen MR) is 112 cm³/mol. The van der Waals surface area contributed by atoms with Gasteiger partial charge in [-0.25, -0.2) is 0 Å². The van der Waals surface area contributed by atoms with Gasteiger partial charge >= 0.3 is 19.5 Å². The molecule has 0 fully saturated rings. The minimum atomic E-state index is -1.14. The molecule has 0 heterocycles. The zero-order valence-electron chi connectivity index (χ0n) is 15.0. The van der Waals surface area contributed by atoms with Crippen LogP contribution < -0.4 is 10.2 Å². The minimum absolute atomic E-state index is 0. The molecule has 0 bridgehead atoms. The van der Waals surface area contributed by atoms with E-state index in [0.717, 1.165) is 19.7 Å². The average Bonchev–Trinajstić information content (AvgIpc) is 2.68. The van der Waals surface area contributed by atoms with E-state index in [1.54, 1.807) is 48.5 Å². The van der Waals surface area contributed by atoms with E-state index in [-0.39, 0.29) is 30.6 Å². The molecule has 0 N–H and O–H groups in total. The first-order chi connectivity index (χ1) is 13.4. The fourth-order valence-corrected chi connectivity index (χ4v) is 3.90. The first-order valence-corrected chi connectivity index (χ1v) is 9.76. The minimum Gasteiger partial charge on any atom is -0.545 e. The molecule has 0 aliphatic rings. The Morgan fingerprint density at radius 3 is 1.21 bits per heavy atom. The molecule has 7 heteroatoms. The molecule has 0 radical (unpaired) electrons. The van der Waals surface area contributed by atoms with Crippen molar-refractivity contribution in [2.24, 2.45) is 0 Å². The molecule has 29 heavy (non-hydrogen) atoms. The molecule has 140 valence electrons. The SMILES string of the molecule is O=C([O-])c1cccc2c(Br)cccc12.O=C([O-])c1cccc2c(Br)cccc12.[Zn+2]. The molecule has 4 aromatic carbocycles. The Hall–Kier alpha value is -2.08. The smallest absolute Gasteiger partial charge is 0.545 e. The summed E-state index contributed by atoms with van der Waals surface area (Å²) in [6.07, 6.45) is 0. The second kappa shape index (κ2) is 10.1. The summed E-state index contributed by atoms with van der Waals surface area (Å²) in [6.45, 7) is 0. The molecular formula is C22H12Br2O4Zn. The largest absolute Gasteiger partial charge is 2.00 e. The third kappa shape index (κ3) is 5.10. The predicted octanol–water partition coefficient (Wildman–Crippen LogP) is 3.93. The molecule has 0 aliphatic heterocycles. The van der Waals surface area contributed by atoms with Crippen molar-refractivity contribution in [2.45, 2.75) is 0 Å². The number of fused-ring (bicyclic) bond motifs is 2. The number of carboxylic acid groups (broad SMARTS) is 2. The molecule has 0 saturated heterocycles. The van der Waals surface area contributed by atoms with Crippen LogP contribution in [0.2, 0.25) is 0 Å². The van der Waals surface area contributed by atoms with E-state index in [1.165, 1.54) is 0 Å². The van der Waals surface area contributed by atoms with Crippen molar-refractivity contribution < 1.29 is 39.3 Å². The fraction of sp³-hybridized carbons (Fsp3) is 0. The second-order valence-corrected chi connectivity index (χ2v) is 7.56. The number of rotatable bonds is 2. The van der Waals surface area contributed by atoms with Crippen LogP contribution in [0.3, 0.4) is 0 Å². The second-order valence-electron chi connectivity index (χ2n) is 5.86. The maximum atomic E-state index is 10.8. The summed E-state index contributed by atoms with van der Waals surface area (Å²) in [4.78, 5) is 21.6. The Morgan fingerprint density at radius 1 is 0.552 bits per heavy atom. The monoisotopic (exact) mass is 562 g/mol. The van der Waals surface area contributed by atoms with Gasteiger partial charge in [0.15, 0.2) is 0 Å². The summed E-state index contributed by atoms with van der Waals surface area (Å²) in [5, 5.41) is 24.8. The van der Waals surface area contributed by atoms with E-state index in [9.17, 15) is 19.8 Å². The van der Waals surface area contributed by atoms with E-state index in [1.807, 2.05) is 24.3 Å². The zero-order valence-corrected chi connectivity index (χ0v) is 21.2. The van der Waals surface area contributed by atoms with E-state index in [2.05, 4.69) is 31.9 Å². The normalized spacial score (nSPS) is 10.0. The van der Waals surface area contributed by atoms with Gasteiger partial charge in [0.25, 0.3) is 0 Å². The number of hydrogen-bond donors (Lipinski definition) is 0. The van der Waals surface area contributed by atoms with Gasteiger partial charge in [0.2, 0.25) is 0 Å². The van der Waals surface area contributed by atoms with E-state index in [0.29, 0.717) is 10.8 Å². The average molecular weight is 566 g/mol. The van der Waals surface area contributed by atoms with Crippen LogP contribution in [0, 0.1) is 0 Å². The van der Waals surface area contributed by atoms with Gasteiger partial charge in [-0.1, -0.05) is 92.5 Å². The van der Waals surface area contributed by atoms with Crippen molar-refractivity contribution in [3.8, 4) is 0 Å². The van der Waals surface area contributed by atoms with Crippen LogP contribution >= 0.6 is 31.9 Å². The maximum Gasteiger partial charge on any atom is 2.00 e. The van der Waals surface area contributed by atoms with Crippen LogP contribution in [0.25, 0.3) is 21.5 Å². The van der Waals surface area contributed by atoms with Crippen LogP contribution in [-0.2, 0) is 19.5 Å². The fourth-order valence-electron chi connectivity index (χ4n) is 2.90. The number of aromatic carboxylic acids is 2. The van der Waals surface area contributed by atoms with Crippen LogP contribution in [-0.4, -0.2) is 11.9 Å². The number of benzene rings is 4. The molecule has 4 nitrogen and oxygen atoms in total. The van der Waals surface area contributed by atoms with Gasteiger partial charge in [0.1, 0.15) is 0 Å². The molecule has 4 rings (SSSR count). The van der Waals surface area contributed by atoms with Gasteiger partial charge < -0.3 is 19.8 Å². The number of carbonyl (C=O) groups excluding carboxylic acids is 2. The summed E-state index contributed by atoms with van der Waals surface area (Å²) in [7, 11) is 0. The zero-order chi connectivity index (χ0) is 20.3. The molecule has 0 aliphatic carbocycles. The first-order valence-electron chi connectivity index (χ1n) is 8.17. The number of hydrogen-bond acceptors (Lipinski definition) is 4. The Labute approximate surface area is 196 Å². The van der Waals surface area contributed by atoms with E-state index in [4.69, 9.17) is 0 Å². The van der Waals surface area contributed by atoms with Gasteiger partial charge in [-0.2, -0.15) is 0 Å². The topological polar surface area (TPSA) is 80.3 Å². The summed E-state index contributed by atoms with van der Waals surface area (Å²) >= 11 is 6.73. The van der Waals surface area contributed by atoms with Crippen molar-refractivity contribution in [1.82, 2.24) is 0 Å². The third-order valence-corrected chi connectivity index (χ3v) is 5.56. The maximum absolute atomic E-state index is 10.8. The molecule has 4 aromatic rings. The molecule has 0 amide bonds. The van der Waals surface area contributed by atoms with Crippen molar-refractivity contribution in [2.75, 3.05) is 0 Å². The van der Waals surface area contributed by atoms with Crippen molar-refractivity contribution >= 4 is 65.3 Å². The Morgan fingerprint density at radius 2 is 0.862 bits per heavy atom. The first kappa shape index (κ1) is 23.2. The molecule has 0 atom stereocenters. The van der Waals surface area contributed by atoms with Crippen LogP contribution in [0.5, 0.6) is 0 Å². The number of halogens is 2. The molecular weight excluding hydrogens is 553 g/mol. The number of carbonyl (C=O) groups is 2. The van der Waals surface area contributed by atoms with E-state index < -0.39 is 11.9 Å². The van der Waals surface area contributed by atoms with Crippen molar-refractivity contribution in [1.29, 1.82) is 0 Å². The van der Waals surface area contributed by atoms with Gasteiger partial charge in [-0.15, -0.1) is 0 Å². The Balaban J connectivity index is 0.000000200. The molecule has 0 spiro atoms. The van der Waals surface area contributed by atoms with E-state index >= 15 is 0 Å². The van der Waals surface area contributed by atoms with Gasteiger partial charge in [0, 0.05) is 20.1 Å². The standard InChI is InChI=1S/2C11H7BrO2.Zn/c2*12-10-6-2-3-7-8(10)4-1-5-9(7)11(13)14;/h2*1-6H,(H,13,14);/q;;+2/p-2. The summed E-state index contributed by atoms with van der Waals surface area (Å²) in [6, 6.07) is 21.1. The van der Waals surface area contributed by atoms with Gasteiger partial charge in [-0.05, 0) is 33.7 Å². The quantitative estimate of drug-likeness (QED) is 0.345. The van der Waals surface area contributed by atoms with Gasteiger partial charge in [-0.3, -0.25) is 0 Å². The third-order valence-electron chi connectivity index (χ3n) is 4.18. The van der Waals surface area contributed by atoms with Crippen LogP contribution in [0.15, 0.2) is 81.7 Å².